The van der Waals surface area contributed by atoms with Crippen LogP contribution in [0, 0.1) is 11.8 Å². The second-order valence-corrected chi connectivity index (χ2v) is 5.35. The second kappa shape index (κ2) is 7.25. The van der Waals surface area contributed by atoms with Gasteiger partial charge in [0.1, 0.15) is 0 Å². The summed E-state index contributed by atoms with van der Waals surface area (Å²) in [6.07, 6.45) is 4.34. The summed E-state index contributed by atoms with van der Waals surface area (Å²) in [4.78, 5) is 2.32. The summed E-state index contributed by atoms with van der Waals surface area (Å²) in [5, 5.41) is 9.96. The molecule has 3 atom stereocenters. The van der Waals surface area contributed by atoms with Crippen molar-refractivity contribution < 1.29 is 9.84 Å². The summed E-state index contributed by atoms with van der Waals surface area (Å²) < 4.78 is 5.04. The van der Waals surface area contributed by atoms with Crippen molar-refractivity contribution >= 4 is 0 Å². The zero-order chi connectivity index (χ0) is 12.0. The third-order valence-electron chi connectivity index (χ3n) is 3.64. The van der Waals surface area contributed by atoms with Crippen molar-refractivity contribution in [2.24, 2.45) is 11.8 Å². The smallest absolute Gasteiger partial charge is 0.0580 e. The van der Waals surface area contributed by atoms with Crippen LogP contribution in [0.25, 0.3) is 0 Å². The van der Waals surface area contributed by atoms with Crippen LogP contribution in [0.5, 0.6) is 0 Å². The largest absolute Gasteiger partial charge is 0.393 e. The Morgan fingerprint density at radius 1 is 1.38 bits per heavy atom. The van der Waals surface area contributed by atoms with Gasteiger partial charge in [0.25, 0.3) is 0 Å². The lowest BCUT2D eigenvalue weighted by atomic mass is 9.80. The zero-order valence-electron chi connectivity index (χ0n) is 11.0. The van der Waals surface area contributed by atoms with Crippen molar-refractivity contribution in [3.8, 4) is 0 Å². The molecule has 0 aromatic heterocycles. The highest BCUT2D eigenvalue weighted by molar-refractivity contribution is 4.79. The highest BCUT2D eigenvalue weighted by Gasteiger charge is 2.27. The number of rotatable bonds is 6. The number of hydrogen-bond acceptors (Lipinski definition) is 3. The number of nitrogens with zero attached hydrogens (tertiary/aromatic N) is 1. The number of hydrogen-bond donors (Lipinski definition) is 1. The molecule has 0 amide bonds. The van der Waals surface area contributed by atoms with E-state index in [1.165, 1.54) is 12.8 Å². The van der Waals surface area contributed by atoms with E-state index in [2.05, 4.69) is 18.9 Å². The summed E-state index contributed by atoms with van der Waals surface area (Å²) in [6.45, 7) is 5.21. The van der Waals surface area contributed by atoms with Crippen LogP contribution in [0.2, 0.25) is 0 Å². The Bertz CT molecular complexity index is 187. The van der Waals surface area contributed by atoms with Gasteiger partial charge in [-0.1, -0.05) is 6.92 Å². The molecule has 1 fully saturated rings. The van der Waals surface area contributed by atoms with Gasteiger partial charge in [-0.2, -0.15) is 0 Å². The van der Waals surface area contributed by atoms with Crippen LogP contribution >= 0.6 is 0 Å². The predicted octanol–water partition coefficient (Wildman–Crippen LogP) is 1.75. The Balaban J connectivity index is 2.23. The van der Waals surface area contributed by atoms with Crippen molar-refractivity contribution in [3.63, 3.8) is 0 Å². The third kappa shape index (κ3) is 4.81. The molecule has 1 aliphatic rings. The number of aliphatic hydroxyl groups excluding tert-OH is 1. The van der Waals surface area contributed by atoms with E-state index in [-0.39, 0.29) is 6.10 Å². The number of ether oxygens (including phenoxy) is 1. The highest BCUT2D eigenvalue weighted by atomic mass is 16.5. The minimum Gasteiger partial charge on any atom is -0.393 e. The van der Waals surface area contributed by atoms with Crippen molar-refractivity contribution in [2.75, 3.05) is 33.9 Å². The van der Waals surface area contributed by atoms with Crippen LogP contribution in [0.15, 0.2) is 0 Å². The van der Waals surface area contributed by atoms with Gasteiger partial charge in [-0.25, -0.2) is 0 Å². The molecule has 1 N–H and O–H groups in total. The Hall–Kier alpha value is -0.120. The molecule has 3 nitrogen and oxygen atoms in total. The summed E-state index contributed by atoms with van der Waals surface area (Å²) in [7, 11) is 3.88. The second-order valence-electron chi connectivity index (χ2n) is 5.35. The van der Waals surface area contributed by atoms with Gasteiger partial charge in [0.05, 0.1) is 6.10 Å². The third-order valence-corrected chi connectivity index (χ3v) is 3.64. The topological polar surface area (TPSA) is 32.7 Å². The van der Waals surface area contributed by atoms with E-state index in [9.17, 15) is 5.11 Å². The van der Waals surface area contributed by atoms with Crippen molar-refractivity contribution in [2.45, 2.75) is 38.7 Å². The first-order valence-electron chi connectivity index (χ1n) is 6.49. The number of aliphatic hydroxyl groups is 1. The summed E-state index contributed by atoms with van der Waals surface area (Å²) in [5.41, 5.74) is 0. The summed E-state index contributed by atoms with van der Waals surface area (Å²) in [6, 6.07) is 0. The quantitative estimate of drug-likeness (QED) is 0.704. The molecule has 3 unspecified atom stereocenters. The Labute approximate surface area is 99.8 Å². The molecule has 1 rings (SSSR count). The molecule has 1 aliphatic carbocycles. The SMILES string of the molecule is COCCCN(C)CC1CC(C)CCC1O. The Kier molecular flexibility index (Phi) is 6.32. The lowest BCUT2D eigenvalue weighted by Crippen LogP contribution is -2.37. The Morgan fingerprint density at radius 3 is 2.81 bits per heavy atom. The number of methoxy groups -OCH3 is 1. The molecule has 3 heteroatoms. The molecule has 0 saturated heterocycles. The molecule has 0 radical (unpaired) electrons. The van der Waals surface area contributed by atoms with E-state index in [4.69, 9.17) is 4.74 Å². The standard InChI is InChI=1S/C13H27NO2/c1-11-5-6-13(15)12(9-11)10-14(2)7-4-8-16-3/h11-13,15H,4-10H2,1-3H3. The normalized spacial score (nSPS) is 30.9. The van der Waals surface area contributed by atoms with E-state index >= 15 is 0 Å². The van der Waals surface area contributed by atoms with Gasteiger partial charge < -0.3 is 14.7 Å². The van der Waals surface area contributed by atoms with Crippen LogP contribution < -0.4 is 0 Å². The van der Waals surface area contributed by atoms with E-state index in [1.807, 2.05) is 0 Å². The maximum Gasteiger partial charge on any atom is 0.0580 e. The van der Waals surface area contributed by atoms with E-state index in [1.54, 1.807) is 7.11 Å². The molecule has 0 aliphatic heterocycles. The fraction of sp³-hybridized carbons (Fsp3) is 1.00. The molecular weight excluding hydrogens is 202 g/mol. The maximum absolute atomic E-state index is 9.96. The molecule has 0 spiro atoms. The van der Waals surface area contributed by atoms with Crippen LogP contribution in [-0.2, 0) is 4.74 Å². The first kappa shape index (κ1) is 13.9. The lowest BCUT2D eigenvalue weighted by Gasteiger charge is -2.34. The molecule has 0 aromatic carbocycles. The van der Waals surface area contributed by atoms with Crippen LogP contribution in [-0.4, -0.2) is 50.0 Å². The first-order chi connectivity index (χ1) is 7.63. The summed E-state index contributed by atoms with van der Waals surface area (Å²) in [5.74, 6) is 1.25. The highest BCUT2D eigenvalue weighted by Crippen LogP contribution is 2.29. The first-order valence-corrected chi connectivity index (χ1v) is 6.49. The monoisotopic (exact) mass is 229 g/mol. The molecule has 0 heterocycles. The van der Waals surface area contributed by atoms with Crippen LogP contribution in [0.3, 0.4) is 0 Å². The fourth-order valence-corrected chi connectivity index (χ4v) is 2.65. The average Bonchev–Trinajstić information content (AvgIpc) is 2.24. The van der Waals surface area contributed by atoms with Crippen LogP contribution in [0.1, 0.15) is 32.6 Å². The maximum atomic E-state index is 9.96. The zero-order valence-corrected chi connectivity index (χ0v) is 11.0. The van der Waals surface area contributed by atoms with Crippen LogP contribution in [0.4, 0.5) is 0 Å². The van der Waals surface area contributed by atoms with E-state index < -0.39 is 0 Å². The van der Waals surface area contributed by atoms with Gasteiger partial charge in [0.15, 0.2) is 0 Å². The minimum atomic E-state index is -0.0823. The van der Waals surface area contributed by atoms with Crippen molar-refractivity contribution in [1.29, 1.82) is 0 Å². The van der Waals surface area contributed by atoms with Crippen molar-refractivity contribution in [3.05, 3.63) is 0 Å². The predicted molar refractivity (Wildman–Crippen MR) is 66.5 cm³/mol. The van der Waals surface area contributed by atoms with Gasteiger partial charge in [-0.3, -0.25) is 0 Å². The van der Waals surface area contributed by atoms with Gasteiger partial charge in [0.2, 0.25) is 0 Å². The van der Waals surface area contributed by atoms with E-state index in [0.29, 0.717) is 5.92 Å². The fourth-order valence-electron chi connectivity index (χ4n) is 2.65. The van der Waals surface area contributed by atoms with Gasteiger partial charge in [-0.15, -0.1) is 0 Å². The molecule has 16 heavy (non-hydrogen) atoms. The molecule has 0 bridgehead atoms. The lowest BCUT2D eigenvalue weighted by molar-refractivity contribution is 0.0337. The van der Waals surface area contributed by atoms with Gasteiger partial charge in [-0.05, 0) is 44.6 Å². The Morgan fingerprint density at radius 2 is 2.12 bits per heavy atom. The molecule has 96 valence electrons. The van der Waals surface area contributed by atoms with Gasteiger partial charge >= 0.3 is 0 Å². The summed E-state index contributed by atoms with van der Waals surface area (Å²) >= 11 is 0. The molecule has 0 aromatic rings. The average molecular weight is 229 g/mol. The minimum absolute atomic E-state index is 0.0823. The van der Waals surface area contributed by atoms with Gasteiger partial charge in [0, 0.05) is 26.8 Å². The van der Waals surface area contributed by atoms with E-state index in [0.717, 1.165) is 38.5 Å². The molecular formula is C13H27NO2. The van der Waals surface area contributed by atoms with Crippen molar-refractivity contribution in [1.82, 2.24) is 4.90 Å². The molecule has 1 saturated carbocycles.